The lowest BCUT2D eigenvalue weighted by Gasteiger charge is -2.27. The number of benzene rings is 5. The number of primary amides is 1. The number of carbonyl (C=O) groups is 4. The van der Waals surface area contributed by atoms with Crippen LogP contribution < -0.4 is 40.6 Å². The molecule has 1 atom stereocenters. The maximum Gasteiger partial charge on any atom is 0.255 e. The van der Waals surface area contributed by atoms with Crippen LogP contribution in [0.25, 0.3) is 10.9 Å². The highest BCUT2D eigenvalue weighted by Crippen LogP contribution is 2.32. The van der Waals surface area contributed by atoms with Crippen molar-refractivity contribution in [2.24, 2.45) is 5.73 Å². The summed E-state index contributed by atoms with van der Waals surface area (Å²) in [7, 11) is 6.07. The molecule has 0 aliphatic heterocycles. The maximum absolute atomic E-state index is 13.4. The van der Waals surface area contributed by atoms with E-state index in [1.54, 1.807) is 96.7 Å². The summed E-state index contributed by atoms with van der Waals surface area (Å²) in [6.07, 6.45) is 1.65. The number of anilines is 2. The Labute approximate surface area is 348 Å². The molecule has 0 saturated heterocycles. The second-order valence-electron chi connectivity index (χ2n) is 15.0. The number of ether oxygens (including phenoxy) is 4. The van der Waals surface area contributed by atoms with Crippen molar-refractivity contribution in [1.82, 2.24) is 15.1 Å². The molecule has 0 spiro atoms. The van der Waals surface area contributed by atoms with Crippen LogP contribution in [0.5, 0.6) is 23.0 Å². The lowest BCUT2D eigenvalue weighted by Crippen LogP contribution is -2.42. The largest absolute Gasteiger partial charge is 0.493 e. The van der Waals surface area contributed by atoms with Crippen molar-refractivity contribution in [2.75, 3.05) is 45.6 Å². The van der Waals surface area contributed by atoms with E-state index in [2.05, 4.69) is 21.0 Å². The van der Waals surface area contributed by atoms with E-state index in [0.717, 1.165) is 11.1 Å². The molecule has 1 aromatic heterocycles. The molecule has 0 aliphatic rings. The van der Waals surface area contributed by atoms with Crippen LogP contribution in [0.15, 0.2) is 109 Å². The predicted molar refractivity (Wildman–Crippen MR) is 230 cm³/mol. The van der Waals surface area contributed by atoms with Gasteiger partial charge in [-0.3, -0.25) is 23.9 Å². The molecule has 310 valence electrons. The first-order chi connectivity index (χ1) is 28.7. The van der Waals surface area contributed by atoms with E-state index >= 15 is 0 Å². The summed E-state index contributed by atoms with van der Waals surface area (Å²) >= 11 is 0. The smallest absolute Gasteiger partial charge is 0.255 e. The van der Waals surface area contributed by atoms with Gasteiger partial charge in [0.1, 0.15) is 0 Å². The van der Waals surface area contributed by atoms with Gasteiger partial charge in [0.25, 0.3) is 17.7 Å². The molecule has 6 aromatic rings. The Kier molecular flexibility index (Phi) is 12.4. The van der Waals surface area contributed by atoms with Gasteiger partial charge in [-0.25, -0.2) is 0 Å². The molecule has 1 heterocycles. The van der Waals surface area contributed by atoms with Crippen molar-refractivity contribution in [3.05, 3.63) is 137 Å². The Hall–Kier alpha value is -7.35. The highest BCUT2D eigenvalue weighted by Gasteiger charge is 2.35. The fraction of sp³-hybridized carbons (Fsp3) is 0.239. The van der Waals surface area contributed by atoms with Crippen LogP contribution in [0.2, 0.25) is 0 Å². The third kappa shape index (κ3) is 9.02. The third-order valence-electron chi connectivity index (χ3n) is 10.6. The van der Waals surface area contributed by atoms with Gasteiger partial charge >= 0.3 is 0 Å². The molecule has 0 saturated carbocycles. The van der Waals surface area contributed by atoms with Crippen molar-refractivity contribution in [2.45, 2.75) is 38.1 Å². The minimum Gasteiger partial charge on any atom is -0.493 e. The van der Waals surface area contributed by atoms with Crippen molar-refractivity contribution in [1.29, 1.82) is 0 Å². The number of carbonyl (C=O) groups excluding carboxylic acids is 4. The van der Waals surface area contributed by atoms with Crippen LogP contribution in [0.4, 0.5) is 11.4 Å². The number of aromatic nitrogens is 2. The zero-order valence-corrected chi connectivity index (χ0v) is 34.5. The summed E-state index contributed by atoms with van der Waals surface area (Å²) in [4.78, 5) is 52.3. The molecule has 4 amide bonds. The van der Waals surface area contributed by atoms with Gasteiger partial charge in [-0.1, -0.05) is 38.1 Å². The average molecular weight is 813 g/mol. The van der Waals surface area contributed by atoms with Crippen LogP contribution >= 0.6 is 0 Å². The monoisotopic (exact) mass is 812 g/mol. The molecule has 6 rings (SSSR count). The highest BCUT2D eigenvalue weighted by molar-refractivity contribution is 6.05. The average Bonchev–Trinajstić information content (AvgIpc) is 3.66. The molecule has 14 heteroatoms. The summed E-state index contributed by atoms with van der Waals surface area (Å²) in [5, 5.41) is 14.1. The highest BCUT2D eigenvalue weighted by atomic mass is 16.5. The molecule has 14 nitrogen and oxygen atoms in total. The number of fused-ring (bicyclic) bond motifs is 1. The molecular formula is C46H48N6O8. The second kappa shape index (κ2) is 17.6. The Morgan fingerprint density at radius 3 is 1.55 bits per heavy atom. The zero-order chi connectivity index (χ0) is 43.2. The summed E-state index contributed by atoms with van der Waals surface area (Å²) in [5.74, 6) is 0.490. The van der Waals surface area contributed by atoms with E-state index in [1.165, 1.54) is 28.4 Å². The van der Waals surface area contributed by atoms with E-state index in [-0.39, 0.29) is 24.3 Å². The molecule has 60 heavy (non-hydrogen) atoms. The van der Waals surface area contributed by atoms with Gasteiger partial charge in [-0.2, -0.15) is 5.10 Å². The van der Waals surface area contributed by atoms with Crippen molar-refractivity contribution >= 4 is 45.9 Å². The standard InChI is InChI=1S/C46H48N6O8/c1-45(2,32-11-15-34(16-12-32)50-42(54)29-9-20-37(57-4)39(23-29)59-6)26-48-41(53)28-8-19-36-31(22-28)25-49-52(36)27-46(3,44(47)56)33-13-17-35(18-14-33)51-43(55)30-10-21-38(58-5)40(24-30)60-7/h8-25H,26-27H2,1-7H3,(H2,47,56)(H,48,53)(H,50,54)(H,51,55). The normalized spacial score (nSPS) is 12.2. The number of hydrogen-bond donors (Lipinski definition) is 4. The number of methoxy groups -OCH3 is 4. The number of nitrogens with two attached hydrogens (primary N) is 1. The van der Waals surface area contributed by atoms with E-state index in [1.807, 2.05) is 38.1 Å². The number of amides is 4. The van der Waals surface area contributed by atoms with E-state index in [9.17, 15) is 19.2 Å². The number of nitrogens with one attached hydrogen (secondary N) is 3. The number of hydrogen-bond acceptors (Lipinski definition) is 9. The lowest BCUT2D eigenvalue weighted by molar-refractivity contribution is -0.123. The molecule has 5 N–H and O–H groups in total. The summed E-state index contributed by atoms with van der Waals surface area (Å²) in [6.45, 7) is 6.26. The summed E-state index contributed by atoms with van der Waals surface area (Å²) < 4.78 is 22.8. The Balaban J connectivity index is 1.08. The van der Waals surface area contributed by atoms with Crippen LogP contribution in [-0.4, -0.2) is 68.4 Å². The van der Waals surface area contributed by atoms with Crippen LogP contribution in [0.1, 0.15) is 63.0 Å². The van der Waals surface area contributed by atoms with Gasteiger partial charge in [-0.15, -0.1) is 0 Å². The molecule has 0 radical (unpaired) electrons. The van der Waals surface area contributed by atoms with Crippen LogP contribution in [0.3, 0.4) is 0 Å². The van der Waals surface area contributed by atoms with Crippen molar-refractivity contribution < 1.29 is 38.1 Å². The quantitative estimate of drug-likeness (QED) is 0.0823. The topological polar surface area (TPSA) is 185 Å². The molecule has 0 fully saturated rings. The first-order valence-electron chi connectivity index (χ1n) is 19.0. The first-order valence-corrected chi connectivity index (χ1v) is 19.0. The number of nitrogens with zero attached hydrogens (tertiary/aromatic N) is 2. The number of rotatable bonds is 16. The van der Waals surface area contributed by atoms with Gasteiger partial charge < -0.3 is 40.6 Å². The fourth-order valence-corrected chi connectivity index (χ4v) is 6.76. The summed E-state index contributed by atoms with van der Waals surface area (Å²) in [6, 6.07) is 29.5. The van der Waals surface area contributed by atoms with Crippen LogP contribution in [-0.2, 0) is 22.2 Å². The van der Waals surface area contributed by atoms with Crippen LogP contribution in [0, 0.1) is 0 Å². The van der Waals surface area contributed by atoms with E-state index < -0.39 is 16.7 Å². The summed E-state index contributed by atoms with van der Waals surface area (Å²) in [5.41, 5.74) is 9.12. The van der Waals surface area contributed by atoms with Gasteiger partial charge in [0, 0.05) is 45.4 Å². The molecular weight excluding hydrogens is 765 g/mol. The fourth-order valence-electron chi connectivity index (χ4n) is 6.76. The van der Waals surface area contributed by atoms with Gasteiger partial charge in [-0.05, 0) is 96.9 Å². The third-order valence-corrected chi connectivity index (χ3v) is 10.6. The van der Waals surface area contributed by atoms with Crippen molar-refractivity contribution in [3.63, 3.8) is 0 Å². The Morgan fingerprint density at radius 2 is 1.07 bits per heavy atom. The SMILES string of the molecule is COc1ccc(C(=O)Nc2ccc(C(C)(C)CNC(=O)c3ccc4c(cnn4CC(C)(C(N)=O)c4ccc(NC(=O)c5ccc(OC)c(OC)c5)cc4)c3)cc2)cc1OC. The predicted octanol–water partition coefficient (Wildman–Crippen LogP) is 6.73. The van der Waals surface area contributed by atoms with Crippen molar-refractivity contribution in [3.8, 4) is 23.0 Å². The zero-order valence-electron chi connectivity index (χ0n) is 34.5. The first kappa shape index (κ1) is 42.3. The lowest BCUT2D eigenvalue weighted by atomic mass is 9.81. The van der Waals surface area contributed by atoms with Gasteiger partial charge in [0.15, 0.2) is 23.0 Å². The van der Waals surface area contributed by atoms with Gasteiger partial charge in [0.05, 0.1) is 52.1 Å². The Bertz CT molecular complexity index is 2550. The second-order valence-corrected chi connectivity index (χ2v) is 15.0. The molecule has 1 unspecified atom stereocenters. The molecule has 0 aliphatic carbocycles. The van der Waals surface area contributed by atoms with Gasteiger partial charge in [0.2, 0.25) is 5.91 Å². The maximum atomic E-state index is 13.4. The van der Waals surface area contributed by atoms with E-state index in [0.29, 0.717) is 68.6 Å². The minimum absolute atomic E-state index is 0.127. The molecule has 5 aromatic carbocycles. The Morgan fingerprint density at radius 1 is 0.600 bits per heavy atom. The van der Waals surface area contributed by atoms with E-state index in [4.69, 9.17) is 24.7 Å². The molecule has 0 bridgehead atoms. The minimum atomic E-state index is -1.17.